The molecule has 4 nitrogen and oxygen atoms in total. The van der Waals surface area contributed by atoms with Crippen molar-refractivity contribution < 1.29 is 19.4 Å². The normalized spacial score (nSPS) is 13.8. The Hall–Kier alpha value is -0.610. The maximum absolute atomic E-state index is 11.3. The highest BCUT2D eigenvalue weighted by atomic mass is 16.6. The third-order valence-corrected chi connectivity index (χ3v) is 1.54. The Morgan fingerprint density at radius 1 is 1.43 bits per heavy atom. The van der Waals surface area contributed by atoms with E-state index in [0.717, 1.165) is 0 Å². The van der Waals surface area contributed by atoms with Gasteiger partial charge in [0.25, 0.3) is 0 Å². The zero-order valence-corrected chi connectivity index (χ0v) is 9.37. The third kappa shape index (κ3) is 6.86. The lowest BCUT2D eigenvalue weighted by Gasteiger charge is -2.21. The van der Waals surface area contributed by atoms with Crippen molar-refractivity contribution in [3.05, 3.63) is 0 Å². The average molecular weight is 204 g/mol. The van der Waals surface area contributed by atoms with Crippen LogP contribution in [0.25, 0.3) is 0 Å². The van der Waals surface area contributed by atoms with Crippen LogP contribution in [0.2, 0.25) is 0 Å². The molecule has 0 aliphatic carbocycles. The molecule has 0 bridgehead atoms. The van der Waals surface area contributed by atoms with Crippen molar-refractivity contribution in [2.24, 2.45) is 5.92 Å². The van der Waals surface area contributed by atoms with Gasteiger partial charge in [0.2, 0.25) is 0 Å². The Kier molecular flexibility index (Phi) is 5.72. The van der Waals surface area contributed by atoms with Crippen LogP contribution in [0.15, 0.2) is 0 Å². The largest absolute Gasteiger partial charge is 0.460 e. The molecule has 4 heteroatoms. The Morgan fingerprint density at radius 3 is 2.36 bits per heavy atom. The molecule has 0 saturated carbocycles. The van der Waals surface area contributed by atoms with E-state index in [4.69, 9.17) is 14.6 Å². The first-order chi connectivity index (χ1) is 6.39. The van der Waals surface area contributed by atoms with Gasteiger partial charge in [-0.05, 0) is 20.8 Å². The topological polar surface area (TPSA) is 55.8 Å². The molecule has 84 valence electrons. The van der Waals surface area contributed by atoms with E-state index in [1.165, 1.54) is 7.11 Å². The molecular formula is C10H20O4. The van der Waals surface area contributed by atoms with Gasteiger partial charge in [0.15, 0.2) is 0 Å². The summed E-state index contributed by atoms with van der Waals surface area (Å²) in [6.45, 7) is 5.75. The monoisotopic (exact) mass is 204 g/mol. The summed E-state index contributed by atoms with van der Waals surface area (Å²) in [6.07, 6.45) is 0.196. The number of rotatable bonds is 5. The van der Waals surface area contributed by atoms with Crippen molar-refractivity contribution in [2.45, 2.75) is 32.8 Å². The first kappa shape index (κ1) is 13.4. The van der Waals surface area contributed by atoms with Crippen LogP contribution in [-0.4, -0.2) is 37.0 Å². The Morgan fingerprint density at radius 2 is 2.00 bits per heavy atom. The van der Waals surface area contributed by atoms with Gasteiger partial charge in [0.05, 0.1) is 13.0 Å². The Labute approximate surface area is 85.2 Å². The number of hydrogen-bond donors (Lipinski definition) is 1. The maximum atomic E-state index is 11.3. The van der Waals surface area contributed by atoms with E-state index in [9.17, 15) is 4.79 Å². The predicted octanol–water partition coefficient (Wildman–Crippen LogP) is 0.973. The van der Waals surface area contributed by atoms with E-state index in [-0.39, 0.29) is 24.9 Å². The van der Waals surface area contributed by atoms with Crippen molar-refractivity contribution in [3.8, 4) is 0 Å². The third-order valence-electron chi connectivity index (χ3n) is 1.54. The van der Waals surface area contributed by atoms with Gasteiger partial charge in [-0.1, -0.05) is 0 Å². The Balaban J connectivity index is 3.91. The van der Waals surface area contributed by atoms with Gasteiger partial charge in [-0.15, -0.1) is 0 Å². The van der Waals surface area contributed by atoms with Crippen LogP contribution in [0.1, 0.15) is 27.2 Å². The summed E-state index contributed by atoms with van der Waals surface area (Å²) in [5, 5.41) is 8.92. The van der Waals surface area contributed by atoms with Crippen LogP contribution >= 0.6 is 0 Å². The summed E-state index contributed by atoms with van der Waals surface area (Å²) < 4.78 is 9.97. The molecule has 0 amide bonds. The molecule has 0 saturated heterocycles. The van der Waals surface area contributed by atoms with Gasteiger partial charge in [-0.2, -0.15) is 0 Å². The molecule has 0 aromatic carbocycles. The van der Waals surface area contributed by atoms with E-state index in [1.807, 2.05) is 20.8 Å². The van der Waals surface area contributed by atoms with Crippen molar-refractivity contribution in [1.82, 2.24) is 0 Å². The highest BCUT2D eigenvalue weighted by Crippen LogP contribution is 2.11. The summed E-state index contributed by atoms with van der Waals surface area (Å²) in [5.41, 5.74) is -0.468. The smallest absolute Gasteiger partial charge is 0.306 e. The minimum absolute atomic E-state index is 0.0624. The van der Waals surface area contributed by atoms with Gasteiger partial charge < -0.3 is 14.6 Å². The number of carbonyl (C=O) groups is 1. The minimum Gasteiger partial charge on any atom is -0.460 e. The number of hydrogen-bond acceptors (Lipinski definition) is 4. The fourth-order valence-electron chi connectivity index (χ4n) is 1.03. The molecular weight excluding hydrogens is 184 g/mol. The van der Waals surface area contributed by atoms with Crippen molar-refractivity contribution in [3.63, 3.8) is 0 Å². The van der Waals surface area contributed by atoms with Gasteiger partial charge in [0.1, 0.15) is 5.60 Å². The van der Waals surface area contributed by atoms with E-state index >= 15 is 0 Å². The fourth-order valence-corrected chi connectivity index (χ4v) is 1.03. The molecule has 0 rings (SSSR count). The lowest BCUT2D eigenvalue weighted by Crippen LogP contribution is -2.27. The molecule has 0 spiro atoms. The van der Waals surface area contributed by atoms with Crippen LogP contribution in [0.3, 0.4) is 0 Å². The van der Waals surface area contributed by atoms with E-state index < -0.39 is 5.60 Å². The number of carbonyl (C=O) groups excluding carboxylic acids is 1. The number of aliphatic hydroxyl groups excluding tert-OH is 1. The summed E-state index contributed by atoms with van der Waals surface area (Å²) in [6, 6.07) is 0. The summed E-state index contributed by atoms with van der Waals surface area (Å²) in [4.78, 5) is 11.3. The molecule has 1 atom stereocenters. The zero-order valence-electron chi connectivity index (χ0n) is 9.37. The Bertz CT molecular complexity index is 171. The molecule has 0 aromatic heterocycles. The first-order valence-corrected chi connectivity index (χ1v) is 4.70. The lowest BCUT2D eigenvalue weighted by molar-refractivity contribution is -0.156. The molecule has 0 fully saturated rings. The molecule has 0 radical (unpaired) electrons. The number of ether oxygens (including phenoxy) is 2. The average Bonchev–Trinajstić information content (AvgIpc) is 2.00. The molecule has 0 heterocycles. The second-order valence-electron chi connectivity index (χ2n) is 4.29. The van der Waals surface area contributed by atoms with Crippen molar-refractivity contribution in [1.29, 1.82) is 0 Å². The fraction of sp³-hybridized carbons (Fsp3) is 0.900. The van der Waals surface area contributed by atoms with E-state index in [0.29, 0.717) is 6.61 Å². The molecule has 14 heavy (non-hydrogen) atoms. The minimum atomic E-state index is -0.468. The van der Waals surface area contributed by atoms with Crippen LogP contribution in [-0.2, 0) is 14.3 Å². The molecule has 0 aliphatic heterocycles. The van der Waals surface area contributed by atoms with E-state index in [1.54, 1.807) is 0 Å². The number of aliphatic hydroxyl groups is 1. The van der Waals surface area contributed by atoms with Crippen molar-refractivity contribution >= 4 is 5.97 Å². The molecule has 0 aromatic rings. The van der Waals surface area contributed by atoms with Crippen LogP contribution in [0.4, 0.5) is 0 Å². The quantitative estimate of drug-likeness (QED) is 0.678. The van der Waals surface area contributed by atoms with Gasteiger partial charge in [-0.3, -0.25) is 4.79 Å². The van der Waals surface area contributed by atoms with Crippen LogP contribution in [0, 0.1) is 5.92 Å². The summed E-state index contributed by atoms with van der Waals surface area (Å²) >= 11 is 0. The highest BCUT2D eigenvalue weighted by molar-refractivity contribution is 5.70. The molecule has 0 unspecified atom stereocenters. The van der Waals surface area contributed by atoms with Gasteiger partial charge >= 0.3 is 5.97 Å². The number of esters is 1. The maximum Gasteiger partial charge on any atom is 0.306 e. The lowest BCUT2D eigenvalue weighted by atomic mass is 10.1. The summed E-state index contributed by atoms with van der Waals surface area (Å²) in [7, 11) is 1.54. The zero-order chi connectivity index (χ0) is 11.2. The van der Waals surface area contributed by atoms with Gasteiger partial charge in [-0.25, -0.2) is 0 Å². The van der Waals surface area contributed by atoms with Crippen LogP contribution < -0.4 is 0 Å². The predicted molar refractivity (Wildman–Crippen MR) is 52.9 cm³/mol. The summed E-state index contributed by atoms with van der Waals surface area (Å²) in [5.74, 6) is -0.469. The highest BCUT2D eigenvalue weighted by Gasteiger charge is 2.19. The van der Waals surface area contributed by atoms with E-state index in [2.05, 4.69) is 0 Å². The standard InChI is InChI=1S/C10H20O4/c1-10(2,3)14-9(12)5-8(6-11)7-13-4/h8,11H,5-7H2,1-4H3/t8-/m1/s1. The number of methoxy groups -OCH3 is 1. The van der Waals surface area contributed by atoms with Crippen LogP contribution in [0.5, 0.6) is 0 Å². The molecule has 1 N–H and O–H groups in total. The molecule has 0 aliphatic rings. The second kappa shape index (κ2) is 5.98. The second-order valence-corrected chi connectivity index (χ2v) is 4.29. The van der Waals surface area contributed by atoms with Gasteiger partial charge in [0, 0.05) is 19.6 Å². The SMILES string of the molecule is COC[C@@H](CO)CC(=O)OC(C)(C)C. The van der Waals surface area contributed by atoms with Crippen molar-refractivity contribution in [2.75, 3.05) is 20.3 Å². The first-order valence-electron chi connectivity index (χ1n) is 4.70.